The van der Waals surface area contributed by atoms with Gasteiger partial charge in [0.15, 0.2) is 0 Å². The number of carbonyl (C=O) groups is 1. The molecular formula is C9H16N4O2. The summed E-state index contributed by atoms with van der Waals surface area (Å²) < 4.78 is 5.21. The molecule has 0 spiro atoms. The highest BCUT2D eigenvalue weighted by Gasteiger charge is 2.31. The third kappa shape index (κ3) is 3.77. The molecule has 1 aliphatic rings. The lowest BCUT2D eigenvalue weighted by Crippen LogP contribution is -2.37. The fourth-order valence-corrected chi connectivity index (χ4v) is 1.43. The first-order valence-electron chi connectivity index (χ1n) is 4.93. The van der Waals surface area contributed by atoms with Crippen LogP contribution >= 0.6 is 0 Å². The molecular weight excluding hydrogens is 196 g/mol. The molecule has 1 saturated heterocycles. The van der Waals surface area contributed by atoms with Crippen molar-refractivity contribution in [2.45, 2.75) is 44.9 Å². The lowest BCUT2D eigenvalue weighted by atomic mass is 10.1. The van der Waals surface area contributed by atoms with Crippen molar-refractivity contribution in [3.8, 4) is 0 Å². The van der Waals surface area contributed by atoms with Gasteiger partial charge in [-0.3, -0.25) is 4.79 Å². The molecule has 0 aromatic carbocycles. The van der Waals surface area contributed by atoms with Crippen molar-refractivity contribution >= 4 is 5.97 Å². The van der Waals surface area contributed by atoms with Crippen LogP contribution in [0, 0.1) is 0 Å². The van der Waals surface area contributed by atoms with Crippen molar-refractivity contribution in [1.29, 1.82) is 0 Å². The molecule has 0 radical (unpaired) electrons. The first-order valence-corrected chi connectivity index (χ1v) is 4.93. The first-order chi connectivity index (χ1) is 6.92. The molecule has 1 aliphatic heterocycles. The van der Waals surface area contributed by atoms with Crippen LogP contribution in [0.5, 0.6) is 0 Å². The zero-order valence-electron chi connectivity index (χ0n) is 9.23. The van der Waals surface area contributed by atoms with E-state index in [-0.39, 0.29) is 18.1 Å². The second-order valence-corrected chi connectivity index (χ2v) is 4.59. The summed E-state index contributed by atoms with van der Waals surface area (Å²) in [5, 5.41) is 6.54. The smallest absolute Gasteiger partial charge is 0.323 e. The molecule has 1 fully saturated rings. The second-order valence-electron chi connectivity index (χ2n) is 4.59. The Morgan fingerprint density at radius 1 is 1.60 bits per heavy atom. The maximum atomic E-state index is 11.6. The average molecular weight is 212 g/mol. The van der Waals surface area contributed by atoms with Crippen LogP contribution in [0.3, 0.4) is 0 Å². The van der Waals surface area contributed by atoms with E-state index >= 15 is 0 Å². The zero-order chi connectivity index (χ0) is 11.5. The van der Waals surface area contributed by atoms with Gasteiger partial charge in [-0.1, -0.05) is 5.11 Å². The lowest BCUT2D eigenvalue weighted by molar-refractivity contribution is -0.157. The number of esters is 1. The molecule has 2 atom stereocenters. The molecule has 0 amide bonds. The van der Waals surface area contributed by atoms with E-state index in [2.05, 4.69) is 15.3 Å². The molecule has 0 aliphatic carbocycles. The molecule has 15 heavy (non-hydrogen) atoms. The largest absolute Gasteiger partial charge is 0.459 e. The Hall–Kier alpha value is -1.26. The number of nitrogens with zero attached hydrogens (tertiary/aromatic N) is 3. The predicted molar refractivity (Wildman–Crippen MR) is 55.2 cm³/mol. The standard InChI is InChI=1S/C9H16N4O2/c1-9(2,3)15-8(14)7-4-6(5-11-7)12-13-10/h6-7,11H,4-5H2,1-3H3/t6-,7-/m0/s1. The minimum atomic E-state index is -0.477. The van der Waals surface area contributed by atoms with E-state index in [1.54, 1.807) is 0 Å². The van der Waals surface area contributed by atoms with Crippen molar-refractivity contribution < 1.29 is 9.53 Å². The second kappa shape index (κ2) is 4.51. The maximum absolute atomic E-state index is 11.6. The summed E-state index contributed by atoms with van der Waals surface area (Å²) in [5.41, 5.74) is 7.78. The van der Waals surface area contributed by atoms with Gasteiger partial charge in [0.2, 0.25) is 0 Å². The van der Waals surface area contributed by atoms with Gasteiger partial charge >= 0.3 is 5.97 Å². The van der Waals surface area contributed by atoms with Gasteiger partial charge in [-0.25, -0.2) is 0 Å². The molecule has 0 bridgehead atoms. The summed E-state index contributed by atoms with van der Waals surface area (Å²) in [6.07, 6.45) is 0.513. The Balaban J connectivity index is 2.47. The summed E-state index contributed by atoms with van der Waals surface area (Å²) in [6, 6.07) is -0.493. The lowest BCUT2D eigenvalue weighted by Gasteiger charge is -2.21. The molecule has 6 nitrogen and oxygen atoms in total. The van der Waals surface area contributed by atoms with Gasteiger partial charge in [0.25, 0.3) is 0 Å². The van der Waals surface area contributed by atoms with E-state index in [0.717, 1.165) is 0 Å². The molecule has 1 heterocycles. The monoisotopic (exact) mass is 212 g/mol. The van der Waals surface area contributed by atoms with E-state index in [9.17, 15) is 4.79 Å². The van der Waals surface area contributed by atoms with Crippen molar-refractivity contribution in [3.05, 3.63) is 10.4 Å². The van der Waals surface area contributed by atoms with E-state index < -0.39 is 5.60 Å². The highest BCUT2D eigenvalue weighted by molar-refractivity contribution is 5.76. The highest BCUT2D eigenvalue weighted by Crippen LogP contribution is 2.15. The molecule has 84 valence electrons. The van der Waals surface area contributed by atoms with Gasteiger partial charge in [-0.2, -0.15) is 0 Å². The van der Waals surface area contributed by atoms with Crippen LogP contribution in [0.2, 0.25) is 0 Å². The van der Waals surface area contributed by atoms with Crippen LogP contribution in [0.25, 0.3) is 10.4 Å². The Kier molecular flexibility index (Phi) is 3.55. The number of nitrogens with one attached hydrogen (secondary N) is 1. The third-order valence-corrected chi connectivity index (χ3v) is 2.01. The van der Waals surface area contributed by atoms with Gasteiger partial charge in [-0.15, -0.1) is 0 Å². The van der Waals surface area contributed by atoms with Gasteiger partial charge in [0.1, 0.15) is 11.6 Å². The van der Waals surface area contributed by atoms with Crippen LogP contribution in [-0.2, 0) is 9.53 Å². The third-order valence-electron chi connectivity index (χ3n) is 2.01. The Morgan fingerprint density at radius 3 is 2.80 bits per heavy atom. The van der Waals surface area contributed by atoms with Gasteiger partial charge < -0.3 is 10.1 Å². The quantitative estimate of drug-likeness (QED) is 0.324. The van der Waals surface area contributed by atoms with E-state index in [0.29, 0.717) is 13.0 Å². The van der Waals surface area contributed by atoms with Crippen molar-refractivity contribution in [1.82, 2.24) is 5.32 Å². The van der Waals surface area contributed by atoms with E-state index in [1.807, 2.05) is 20.8 Å². The number of hydrogen-bond donors (Lipinski definition) is 1. The van der Waals surface area contributed by atoms with Gasteiger partial charge in [-0.05, 0) is 32.7 Å². The normalized spacial score (nSPS) is 25.8. The Bertz CT molecular complexity index is 291. The summed E-state index contributed by atoms with van der Waals surface area (Å²) in [4.78, 5) is 14.3. The fraction of sp³-hybridized carbons (Fsp3) is 0.889. The van der Waals surface area contributed by atoms with Crippen molar-refractivity contribution in [3.63, 3.8) is 0 Å². The number of carbonyl (C=O) groups excluding carboxylic acids is 1. The summed E-state index contributed by atoms with van der Waals surface area (Å²) in [6.45, 7) is 6.01. The Labute approximate surface area is 88.6 Å². The number of hydrogen-bond acceptors (Lipinski definition) is 4. The fourth-order valence-electron chi connectivity index (χ4n) is 1.43. The minimum Gasteiger partial charge on any atom is -0.459 e. The first kappa shape index (κ1) is 11.8. The van der Waals surface area contributed by atoms with Crippen molar-refractivity contribution in [2.75, 3.05) is 6.54 Å². The van der Waals surface area contributed by atoms with E-state index in [4.69, 9.17) is 10.3 Å². The molecule has 6 heteroatoms. The van der Waals surface area contributed by atoms with Crippen molar-refractivity contribution in [2.24, 2.45) is 5.11 Å². The number of rotatable bonds is 2. The number of azide groups is 1. The summed E-state index contributed by atoms with van der Waals surface area (Å²) >= 11 is 0. The molecule has 0 aromatic heterocycles. The van der Waals surface area contributed by atoms with Crippen LogP contribution < -0.4 is 5.32 Å². The molecule has 0 unspecified atom stereocenters. The van der Waals surface area contributed by atoms with Crippen LogP contribution in [0.4, 0.5) is 0 Å². The highest BCUT2D eigenvalue weighted by atomic mass is 16.6. The van der Waals surface area contributed by atoms with Gasteiger partial charge in [0.05, 0.1) is 6.04 Å². The molecule has 1 N–H and O–H groups in total. The summed E-state index contributed by atoms with van der Waals surface area (Å²) in [5.74, 6) is -0.280. The zero-order valence-corrected chi connectivity index (χ0v) is 9.23. The SMILES string of the molecule is CC(C)(C)OC(=O)[C@@H]1C[C@H](N=[N+]=[N-])CN1. The predicted octanol–water partition coefficient (Wildman–Crippen LogP) is 1.37. The number of ether oxygens (including phenoxy) is 1. The van der Waals surface area contributed by atoms with Crippen LogP contribution in [0.15, 0.2) is 5.11 Å². The molecule has 1 rings (SSSR count). The minimum absolute atomic E-state index is 0.146. The Morgan fingerprint density at radius 2 is 2.27 bits per heavy atom. The topological polar surface area (TPSA) is 87.1 Å². The molecule has 0 aromatic rings. The van der Waals surface area contributed by atoms with Crippen LogP contribution in [0.1, 0.15) is 27.2 Å². The molecule has 0 saturated carbocycles. The maximum Gasteiger partial charge on any atom is 0.323 e. The van der Waals surface area contributed by atoms with Crippen LogP contribution in [-0.4, -0.2) is 30.2 Å². The summed E-state index contributed by atoms with van der Waals surface area (Å²) in [7, 11) is 0. The van der Waals surface area contributed by atoms with E-state index in [1.165, 1.54) is 0 Å². The van der Waals surface area contributed by atoms with Gasteiger partial charge in [0, 0.05) is 11.5 Å². The average Bonchev–Trinajstić information content (AvgIpc) is 2.50.